The van der Waals surface area contributed by atoms with Crippen LogP contribution in [-0.4, -0.2) is 38.1 Å². The monoisotopic (exact) mass is 417 g/mol. The molecule has 0 atom stereocenters. The van der Waals surface area contributed by atoms with Gasteiger partial charge in [-0.3, -0.25) is 4.99 Å². The van der Waals surface area contributed by atoms with Crippen molar-refractivity contribution in [3.05, 3.63) is 35.4 Å². The van der Waals surface area contributed by atoms with Gasteiger partial charge in [-0.1, -0.05) is 31.2 Å². The van der Waals surface area contributed by atoms with Crippen molar-refractivity contribution in [1.82, 2.24) is 10.2 Å². The van der Waals surface area contributed by atoms with Crippen molar-refractivity contribution in [3.8, 4) is 0 Å². The molecule has 1 fully saturated rings. The van der Waals surface area contributed by atoms with Gasteiger partial charge < -0.3 is 15.0 Å². The van der Waals surface area contributed by atoms with Crippen molar-refractivity contribution >= 4 is 29.9 Å². The van der Waals surface area contributed by atoms with Gasteiger partial charge in [-0.2, -0.15) is 0 Å². The Balaban J connectivity index is 0.00000242. The maximum atomic E-state index is 5.13. The minimum atomic E-state index is 0. The van der Waals surface area contributed by atoms with E-state index in [4.69, 9.17) is 4.74 Å². The first-order chi connectivity index (χ1) is 10.2. The van der Waals surface area contributed by atoms with Gasteiger partial charge in [0.1, 0.15) is 0 Å². The van der Waals surface area contributed by atoms with Crippen molar-refractivity contribution in [2.75, 3.05) is 27.2 Å². The fourth-order valence-corrected chi connectivity index (χ4v) is 2.65. The van der Waals surface area contributed by atoms with E-state index in [-0.39, 0.29) is 24.0 Å². The van der Waals surface area contributed by atoms with E-state index >= 15 is 0 Å². The van der Waals surface area contributed by atoms with E-state index in [0.29, 0.717) is 6.61 Å². The van der Waals surface area contributed by atoms with Gasteiger partial charge in [0, 0.05) is 33.8 Å². The number of ether oxygens (including phenoxy) is 1. The Morgan fingerprint density at radius 1 is 1.23 bits per heavy atom. The molecule has 0 saturated carbocycles. The third kappa shape index (κ3) is 5.76. The van der Waals surface area contributed by atoms with Crippen LogP contribution in [0, 0.1) is 5.92 Å². The van der Waals surface area contributed by atoms with E-state index < -0.39 is 0 Å². The van der Waals surface area contributed by atoms with E-state index in [1.807, 2.05) is 7.05 Å². The number of benzene rings is 1. The Kier molecular flexibility index (Phi) is 8.78. The fraction of sp³-hybridized carbons (Fsp3) is 0.588. The van der Waals surface area contributed by atoms with Crippen molar-refractivity contribution in [1.29, 1.82) is 0 Å². The number of halogens is 1. The quantitative estimate of drug-likeness (QED) is 0.464. The molecule has 1 saturated heterocycles. The molecule has 0 aliphatic carbocycles. The van der Waals surface area contributed by atoms with Gasteiger partial charge in [0.2, 0.25) is 0 Å². The summed E-state index contributed by atoms with van der Waals surface area (Å²) in [6.45, 7) is 6.02. The van der Waals surface area contributed by atoms with Gasteiger partial charge in [-0.25, -0.2) is 0 Å². The van der Waals surface area contributed by atoms with Crippen molar-refractivity contribution in [2.24, 2.45) is 10.9 Å². The molecule has 0 amide bonds. The average molecular weight is 417 g/mol. The van der Waals surface area contributed by atoms with Gasteiger partial charge in [0.05, 0.1) is 6.61 Å². The number of guanidine groups is 1. The second-order valence-corrected chi connectivity index (χ2v) is 5.82. The molecule has 1 aromatic carbocycles. The summed E-state index contributed by atoms with van der Waals surface area (Å²) in [6.07, 6.45) is 2.51. The molecule has 0 spiro atoms. The second-order valence-electron chi connectivity index (χ2n) is 5.82. The molecule has 1 aromatic rings. The molecule has 1 aliphatic rings. The molecule has 4 nitrogen and oxygen atoms in total. The van der Waals surface area contributed by atoms with Crippen LogP contribution in [0.3, 0.4) is 0 Å². The molecule has 0 bridgehead atoms. The maximum Gasteiger partial charge on any atom is 0.193 e. The zero-order valence-corrected chi connectivity index (χ0v) is 16.2. The first-order valence-corrected chi connectivity index (χ1v) is 7.75. The van der Waals surface area contributed by atoms with Gasteiger partial charge in [-0.15, -0.1) is 24.0 Å². The summed E-state index contributed by atoms with van der Waals surface area (Å²) in [5.41, 5.74) is 2.47. The van der Waals surface area contributed by atoms with Crippen molar-refractivity contribution < 1.29 is 4.74 Å². The Morgan fingerprint density at radius 2 is 1.82 bits per heavy atom. The first-order valence-electron chi connectivity index (χ1n) is 7.75. The SMILES string of the molecule is CN=C(NCc1ccc(COC)cc1)N1CCC(C)CC1.I. The molecule has 0 aromatic heterocycles. The second kappa shape index (κ2) is 10.0. The number of rotatable bonds is 4. The summed E-state index contributed by atoms with van der Waals surface area (Å²) in [5, 5.41) is 3.47. The molecule has 2 rings (SSSR count). The van der Waals surface area contributed by atoms with Crippen LogP contribution in [0.5, 0.6) is 0 Å². The zero-order valence-electron chi connectivity index (χ0n) is 13.8. The summed E-state index contributed by atoms with van der Waals surface area (Å²) in [4.78, 5) is 6.77. The molecular formula is C17H28IN3O. The molecule has 1 N–H and O–H groups in total. The lowest BCUT2D eigenvalue weighted by Crippen LogP contribution is -2.45. The molecule has 124 valence electrons. The van der Waals surface area contributed by atoms with Crippen molar-refractivity contribution in [3.63, 3.8) is 0 Å². The minimum absolute atomic E-state index is 0. The first kappa shape index (κ1) is 19.2. The lowest BCUT2D eigenvalue weighted by atomic mass is 9.99. The Bertz CT molecular complexity index is 453. The van der Waals surface area contributed by atoms with Crippen LogP contribution < -0.4 is 5.32 Å². The summed E-state index contributed by atoms with van der Waals surface area (Å²) in [7, 11) is 3.58. The largest absolute Gasteiger partial charge is 0.380 e. The third-order valence-electron chi connectivity index (χ3n) is 4.08. The third-order valence-corrected chi connectivity index (χ3v) is 4.08. The van der Waals surface area contributed by atoms with Crippen LogP contribution in [0.15, 0.2) is 29.3 Å². The van der Waals surface area contributed by atoms with E-state index in [1.54, 1.807) is 7.11 Å². The molecule has 0 radical (unpaired) electrons. The molecule has 1 heterocycles. The number of aliphatic imine (C=N–C) groups is 1. The van der Waals surface area contributed by atoms with Crippen LogP contribution in [0.4, 0.5) is 0 Å². The Labute approximate surface area is 151 Å². The smallest absolute Gasteiger partial charge is 0.193 e. The molecule has 1 aliphatic heterocycles. The minimum Gasteiger partial charge on any atom is -0.380 e. The summed E-state index contributed by atoms with van der Waals surface area (Å²) in [5.74, 6) is 1.86. The maximum absolute atomic E-state index is 5.13. The van der Waals surface area contributed by atoms with E-state index in [2.05, 4.69) is 46.4 Å². The molecule has 22 heavy (non-hydrogen) atoms. The Morgan fingerprint density at radius 3 is 2.36 bits per heavy atom. The van der Waals surface area contributed by atoms with E-state index in [0.717, 1.165) is 31.5 Å². The van der Waals surface area contributed by atoms with Gasteiger partial charge in [-0.05, 0) is 29.9 Å². The number of nitrogens with one attached hydrogen (secondary N) is 1. The summed E-state index contributed by atoms with van der Waals surface area (Å²) < 4.78 is 5.13. The Hall–Kier alpha value is -0.820. The number of methoxy groups -OCH3 is 1. The number of hydrogen-bond donors (Lipinski definition) is 1. The summed E-state index contributed by atoms with van der Waals surface area (Å²) >= 11 is 0. The van der Waals surface area contributed by atoms with Crippen LogP contribution in [0.2, 0.25) is 0 Å². The normalized spacial score (nSPS) is 16.3. The van der Waals surface area contributed by atoms with Crippen LogP contribution in [0.25, 0.3) is 0 Å². The number of nitrogens with zero attached hydrogens (tertiary/aromatic N) is 2. The fourth-order valence-electron chi connectivity index (χ4n) is 2.65. The lowest BCUT2D eigenvalue weighted by Gasteiger charge is -2.32. The van der Waals surface area contributed by atoms with E-state index in [9.17, 15) is 0 Å². The number of hydrogen-bond acceptors (Lipinski definition) is 2. The van der Waals surface area contributed by atoms with Gasteiger partial charge in [0.15, 0.2) is 5.96 Å². The molecular weight excluding hydrogens is 389 g/mol. The average Bonchev–Trinajstić information content (AvgIpc) is 2.51. The van der Waals surface area contributed by atoms with Gasteiger partial charge in [0.25, 0.3) is 0 Å². The number of likely N-dealkylation sites (tertiary alicyclic amines) is 1. The van der Waals surface area contributed by atoms with Crippen LogP contribution in [-0.2, 0) is 17.9 Å². The molecule has 0 unspecified atom stereocenters. The van der Waals surface area contributed by atoms with E-state index in [1.165, 1.54) is 24.0 Å². The topological polar surface area (TPSA) is 36.9 Å². The highest BCUT2D eigenvalue weighted by Gasteiger charge is 2.18. The standard InChI is InChI=1S/C17H27N3O.HI/c1-14-8-10-20(11-9-14)17(18-2)19-12-15-4-6-16(7-5-15)13-21-3;/h4-7,14H,8-13H2,1-3H3,(H,18,19);1H. The summed E-state index contributed by atoms with van der Waals surface area (Å²) in [6, 6.07) is 8.53. The number of piperidine rings is 1. The zero-order chi connectivity index (χ0) is 15.1. The highest BCUT2D eigenvalue weighted by Crippen LogP contribution is 2.16. The highest BCUT2D eigenvalue weighted by molar-refractivity contribution is 14.0. The molecule has 5 heteroatoms. The predicted molar refractivity (Wildman–Crippen MR) is 103 cm³/mol. The lowest BCUT2D eigenvalue weighted by molar-refractivity contribution is 0.185. The predicted octanol–water partition coefficient (Wildman–Crippen LogP) is 3.26. The van der Waals surface area contributed by atoms with Crippen LogP contribution >= 0.6 is 24.0 Å². The van der Waals surface area contributed by atoms with Gasteiger partial charge >= 0.3 is 0 Å². The highest BCUT2D eigenvalue weighted by atomic mass is 127. The van der Waals surface area contributed by atoms with Crippen LogP contribution in [0.1, 0.15) is 30.9 Å². The van der Waals surface area contributed by atoms with Crippen molar-refractivity contribution in [2.45, 2.75) is 32.9 Å².